The Morgan fingerprint density at radius 3 is 2.63 bits per heavy atom. The minimum atomic E-state index is -0.298. The van der Waals surface area contributed by atoms with Crippen LogP contribution >= 0.6 is 11.3 Å². The van der Waals surface area contributed by atoms with Crippen molar-refractivity contribution in [3.05, 3.63) is 65.0 Å². The molecule has 1 amide bonds. The fourth-order valence-electron chi connectivity index (χ4n) is 2.87. The largest absolute Gasteiger partial charge is 0.484 e. The molecular formula is C20H18N4O2S. The Hall–Kier alpha value is -3.19. The molecule has 0 unspecified atom stereocenters. The van der Waals surface area contributed by atoms with Gasteiger partial charge in [0.15, 0.2) is 6.61 Å². The van der Waals surface area contributed by atoms with Crippen LogP contribution in [-0.2, 0) is 4.79 Å². The summed E-state index contributed by atoms with van der Waals surface area (Å²) in [6.07, 6.45) is 0. The van der Waals surface area contributed by atoms with Crippen LogP contribution in [0.25, 0.3) is 16.2 Å². The maximum atomic E-state index is 12.2. The number of nitrogens with one attached hydrogen (secondary N) is 1. The summed E-state index contributed by atoms with van der Waals surface area (Å²) in [5, 5.41) is 9.10. The van der Waals surface area contributed by atoms with E-state index in [1.54, 1.807) is 4.52 Å². The molecule has 4 aromatic rings. The summed E-state index contributed by atoms with van der Waals surface area (Å²) in [5.74, 6) is 0.648. The Balaban J connectivity index is 1.45. The van der Waals surface area contributed by atoms with E-state index in [2.05, 4.69) is 21.5 Å². The van der Waals surface area contributed by atoms with Crippen molar-refractivity contribution < 1.29 is 9.53 Å². The normalized spacial score (nSPS) is 10.9. The quantitative estimate of drug-likeness (QED) is 0.568. The second-order valence-corrected chi connectivity index (χ2v) is 7.11. The Bertz CT molecular complexity index is 1080. The van der Waals surface area contributed by atoms with Crippen molar-refractivity contribution in [2.45, 2.75) is 13.8 Å². The molecule has 0 aliphatic heterocycles. The minimum absolute atomic E-state index is 0.0959. The first-order chi connectivity index (χ1) is 13.1. The monoisotopic (exact) mass is 378 g/mol. The molecule has 1 N–H and O–H groups in total. The summed E-state index contributed by atoms with van der Waals surface area (Å²) in [7, 11) is 0. The number of aromatic nitrogens is 3. The highest BCUT2D eigenvalue weighted by molar-refractivity contribution is 7.15. The minimum Gasteiger partial charge on any atom is -0.484 e. The van der Waals surface area contributed by atoms with Gasteiger partial charge in [0.1, 0.15) is 5.75 Å². The molecule has 0 saturated heterocycles. The number of hydrogen-bond donors (Lipinski definition) is 1. The van der Waals surface area contributed by atoms with Crippen LogP contribution in [-0.4, -0.2) is 27.1 Å². The van der Waals surface area contributed by atoms with E-state index in [0.29, 0.717) is 5.75 Å². The lowest BCUT2D eigenvalue weighted by molar-refractivity contribution is -0.118. The van der Waals surface area contributed by atoms with Crippen LogP contribution in [0.15, 0.2) is 53.9 Å². The van der Waals surface area contributed by atoms with Crippen molar-refractivity contribution in [3.63, 3.8) is 0 Å². The molecule has 7 heteroatoms. The van der Waals surface area contributed by atoms with Gasteiger partial charge < -0.3 is 4.74 Å². The third-order valence-electron chi connectivity index (χ3n) is 3.97. The Labute approximate surface area is 160 Å². The van der Waals surface area contributed by atoms with Gasteiger partial charge in [-0.2, -0.15) is 4.98 Å². The summed E-state index contributed by atoms with van der Waals surface area (Å²) in [6.45, 7) is 3.89. The number of fused-ring (bicyclic) bond motifs is 1. The highest BCUT2D eigenvalue weighted by Crippen LogP contribution is 2.25. The summed E-state index contributed by atoms with van der Waals surface area (Å²) < 4.78 is 7.31. The third-order valence-corrected chi connectivity index (χ3v) is 4.78. The standard InChI is InChI=1S/C20H18N4O2S/c1-13-8-14(2)10-16(9-13)26-11-18(25)21-19-22-20-24(23-19)17(12-27-20)15-6-4-3-5-7-15/h3-10,12H,11H2,1-2H3,(H,21,23,25). The number of benzene rings is 2. The lowest BCUT2D eigenvalue weighted by atomic mass is 10.1. The second-order valence-electron chi connectivity index (χ2n) is 6.28. The van der Waals surface area contributed by atoms with Gasteiger partial charge in [0.05, 0.1) is 5.69 Å². The molecule has 2 heterocycles. The number of anilines is 1. The van der Waals surface area contributed by atoms with Crippen molar-refractivity contribution in [1.82, 2.24) is 14.6 Å². The van der Waals surface area contributed by atoms with Crippen LogP contribution < -0.4 is 10.1 Å². The molecule has 136 valence electrons. The number of nitrogens with zero attached hydrogens (tertiary/aromatic N) is 3. The second kappa shape index (κ2) is 7.20. The van der Waals surface area contributed by atoms with Crippen molar-refractivity contribution >= 4 is 28.2 Å². The zero-order valence-electron chi connectivity index (χ0n) is 15.0. The SMILES string of the molecule is Cc1cc(C)cc(OCC(=O)Nc2nc3scc(-c4ccccc4)n3n2)c1. The van der Waals surface area contributed by atoms with Gasteiger partial charge in [-0.15, -0.1) is 16.4 Å². The average molecular weight is 378 g/mol. The van der Waals surface area contributed by atoms with Gasteiger partial charge in [0.2, 0.25) is 4.96 Å². The maximum Gasteiger partial charge on any atom is 0.264 e. The molecule has 0 fully saturated rings. The number of rotatable bonds is 5. The lowest BCUT2D eigenvalue weighted by Gasteiger charge is -2.07. The van der Waals surface area contributed by atoms with Crippen LogP contribution in [0, 0.1) is 13.8 Å². The van der Waals surface area contributed by atoms with E-state index in [9.17, 15) is 4.79 Å². The number of carbonyl (C=O) groups excluding carboxylic acids is 1. The molecule has 4 rings (SSSR count). The molecule has 2 aromatic carbocycles. The smallest absolute Gasteiger partial charge is 0.264 e. The number of aryl methyl sites for hydroxylation is 2. The van der Waals surface area contributed by atoms with Crippen molar-refractivity contribution in [2.75, 3.05) is 11.9 Å². The molecule has 0 saturated carbocycles. The van der Waals surface area contributed by atoms with E-state index in [1.165, 1.54) is 11.3 Å². The highest BCUT2D eigenvalue weighted by atomic mass is 32.1. The van der Waals surface area contributed by atoms with Gasteiger partial charge in [-0.05, 0) is 37.1 Å². The Kier molecular flexibility index (Phi) is 4.60. The fraction of sp³-hybridized carbons (Fsp3) is 0.150. The van der Waals surface area contributed by atoms with Gasteiger partial charge in [0, 0.05) is 10.9 Å². The number of hydrogen-bond acceptors (Lipinski definition) is 5. The van der Waals surface area contributed by atoms with Crippen LogP contribution in [0.3, 0.4) is 0 Å². The van der Waals surface area contributed by atoms with Crippen LogP contribution in [0.2, 0.25) is 0 Å². The molecule has 0 aliphatic carbocycles. The number of ether oxygens (including phenoxy) is 1. The molecule has 0 aliphatic rings. The topological polar surface area (TPSA) is 68.5 Å². The molecule has 0 spiro atoms. The third kappa shape index (κ3) is 3.83. The molecule has 2 aromatic heterocycles. The van der Waals surface area contributed by atoms with Crippen LogP contribution in [0.4, 0.5) is 5.95 Å². The van der Waals surface area contributed by atoms with E-state index < -0.39 is 0 Å². The van der Waals surface area contributed by atoms with Gasteiger partial charge >= 0.3 is 0 Å². The first kappa shape index (κ1) is 17.2. The van der Waals surface area contributed by atoms with E-state index >= 15 is 0 Å². The average Bonchev–Trinajstić information content (AvgIpc) is 3.20. The zero-order chi connectivity index (χ0) is 18.8. The fourth-order valence-corrected chi connectivity index (χ4v) is 3.70. The summed E-state index contributed by atoms with van der Waals surface area (Å²) >= 11 is 1.48. The molecule has 0 bridgehead atoms. The van der Waals surface area contributed by atoms with E-state index in [1.807, 2.05) is 61.7 Å². The van der Waals surface area contributed by atoms with Gasteiger partial charge in [-0.1, -0.05) is 36.4 Å². The summed E-state index contributed by atoms with van der Waals surface area (Å²) in [5.41, 5.74) is 4.17. The number of carbonyl (C=O) groups is 1. The Morgan fingerprint density at radius 1 is 1.15 bits per heavy atom. The van der Waals surface area contributed by atoms with Crippen LogP contribution in [0.5, 0.6) is 5.75 Å². The van der Waals surface area contributed by atoms with Gasteiger partial charge in [0.25, 0.3) is 11.9 Å². The van der Waals surface area contributed by atoms with Gasteiger partial charge in [-0.3, -0.25) is 10.1 Å². The first-order valence-electron chi connectivity index (χ1n) is 8.49. The molecule has 0 radical (unpaired) electrons. The van der Waals surface area contributed by atoms with Gasteiger partial charge in [-0.25, -0.2) is 4.52 Å². The summed E-state index contributed by atoms with van der Waals surface area (Å²) in [6, 6.07) is 15.8. The first-order valence-corrected chi connectivity index (χ1v) is 9.37. The summed E-state index contributed by atoms with van der Waals surface area (Å²) in [4.78, 5) is 17.3. The predicted molar refractivity (Wildman–Crippen MR) is 106 cm³/mol. The van der Waals surface area contributed by atoms with Crippen LogP contribution in [0.1, 0.15) is 11.1 Å². The number of amides is 1. The van der Waals surface area contributed by atoms with E-state index in [0.717, 1.165) is 27.3 Å². The molecule has 0 atom stereocenters. The lowest BCUT2D eigenvalue weighted by Crippen LogP contribution is -2.21. The van der Waals surface area contributed by atoms with Crippen molar-refractivity contribution in [3.8, 4) is 17.0 Å². The predicted octanol–water partition coefficient (Wildman–Crippen LogP) is 4.09. The maximum absolute atomic E-state index is 12.2. The molecule has 6 nitrogen and oxygen atoms in total. The van der Waals surface area contributed by atoms with E-state index in [4.69, 9.17) is 4.74 Å². The molecular weight excluding hydrogens is 360 g/mol. The molecule has 27 heavy (non-hydrogen) atoms. The van der Waals surface area contributed by atoms with Crippen molar-refractivity contribution in [1.29, 1.82) is 0 Å². The number of thiazole rings is 1. The highest BCUT2D eigenvalue weighted by Gasteiger charge is 2.13. The zero-order valence-corrected chi connectivity index (χ0v) is 15.8. The van der Waals surface area contributed by atoms with Crippen molar-refractivity contribution in [2.24, 2.45) is 0 Å². The Morgan fingerprint density at radius 2 is 1.89 bits per heavy atom. The van der Waals surface area contributed by atoms with E-state index in [-0.39, 0.29) is 18.5 Å².